The zero-order valence-electron chi connectivity index (χ0n) is 12.0. The molecule has 0 aliphatic carbocycles. The number of ether oxygens (including phenoxy) is 1. The van der Waals surface area contributed by atoms with Gasteiger partial charge in [-0.15, -0.1) is 0 Å². The van der Waals surface area contributed by atoms with Crippen molar-refractivity contribution < 1.29 is 29.2 Å². The third-order valence-electron chi connectivity index (χ3n) is 3.43. The second-order valence-corrected chi connectivity index (χ2v) is 4.96. The molecule has 1 heterocycles. The fourth-order valence-corrected chi connectivity index (χ4v) is 2.29. The first-order chi connectivity index (χ1) is 10.5. The molecule has 1 saturated heterocycles. The van der Waals surface area contributed by atoms with Crippen LogP contribution < -0.4 is 9.80 Å². The predicted molar refractivity (Wildman–Crippen MR) is 77.9 cm³/mol. The molecule has 0 bridgehead atoms. The summed E-state index contributed by atoms with van der Waals surface area (Å²) >= 11 is 0. The van der Waals surface area contributed by atoms with Gasteiger partial charge in [0.05, 0.1) is 43.8 Å². The lowest BCUT2D eigenvalue weighted by Gasteiger charge is -2.30. The van der Waals surface area contributed by atoms with Gasteiger partial charge >= 0.3 is 6.09 Å². The van der Waals surface area contributed by atoms with E-state index in [2.05, 4.69) is 0 Å². The van der Waals surface area contributed by atoms with Crippen molar-refractivity contribution in [3.05, 3.63) is 24.0 Å². The second kappa shape index (κ2) is 7.39. The molecule has 22 heavy (non-hydrogen) atoms. The summed E-state index contributed by atoms with van der Waals surface area (Å²) in [7, 11) is 0. The quantitative estimate of drug-likeness (QED) is 0.733. The third kappa shape index (κ3) is 3.85. The number of carboxylic acid groups (broad SMARTS) is 1. The highest BCUT2D eigenvalue weighted by molar-refractivity contribution is 5.86. The lowest BCUT2D eigenvalue weighted by molar-refractivity contribution is 0.0988. The summed E-state index contributed by atoms with van der Waals surface area (Å²) in [6, 6.07) is 4.10. The monoisotopic (exact) mass is 314 g/mol. The number of benzene rings is 1. The van der Waals surface area contributed by atoms with Crippen LogP contribution in [0.1, 0.15) is 0 Å². The molecule has 7 nitrogen and oxygen atoms in total. The number of amides is 1. The van der Waals surface area contributed by atoms with Gasteiger partial charge in [-0.25, -0.2) is 9.18 Å². The number of morpholine rings is 1. The van der Waals surface area contributed by atoms with Crippen LogP contribution in [0.25, 0.3) is 0 Å². The normalized spacial score (nSPS) is 16.4. The molecule has 1 aromatic rings. The standard InChI is InChI=1S/C14H19FN2O5/c15-12-7-10(17(14(20)21)8-11(19)9-18)1-2-13(12)16-3-5-22-6-4-16/h1-2,7,11,18-19H,3-6,8-9H2,(H,20,21). The van der Waals surface area contributed by atoms with E-state index in [9.17, 15) is 14.3 Å². The van der Waals surface area contributed by atoms with Crippen molar-refractivity contribution in [2.45, 2.75) is 6.10 Å². The van der Waals surface area contributed by atoms with Gasteiger partial charge in [0.15, 0.2) is 0 Å². The molecule has 2 rings (SSSR count). The van der Waals surface area contributed by atoms with Gasteiger partial charge in [-0.3, -0.25) is 4.90 Å². The number of aliphatic hydroxyl groups is 2. The Hall–Kier alpha value is -1.90. The molecule has 1 amide bonds. The van der Waals surface area contributed by atoms with Gasteiger partial charge in [-0.1, -0.05) is 0 Å². The van der Waals surface area contributed by atoms with Gasteiger partial charge in [-0.2, -0.15) is 0 Å². The molecule has 1 aromatic carbocycles. The summed E-state index contributed by atoms with van der Waals surface area (Å²) in [5.74, 6) is -0.538. The Morgan fingerprint density at radius 3 is 2.64 bits per heavy atom. The van der Waals surface area contributed by atoms with Crippen molar-refractivity contribution in [3.63, 3.8) is 0 Å². The predicted octanol–water partition coefficient (Wildman–Crippen LogP) is 0.500. The van der Waals surface area contributed by atoms with E-state index in [0.717, 1.165) is 11.0 Å². The maximum Gasteiger partial charge on any atom is 0.411 e. The molecule has 0 radical (unpaired) electrons. The lowest BCUT2D eigenvalue weighted by atomic mass is 10.2. The van der Waals surface area contributed by atoms with Crippen LogP contribution in [-0.4, -0.2) is 67.0 Å². The van der Waals surface area contributed by atoms with E-state index in [1.807, 2.05) is 4.90 Å². The van der Waals surface area contributed by atoms with Crippen LogP contribution in [0, 0.1) is 5.82 Å². The maximum absolute atomic E-state index is 14.3. The smallest absolute Gasteiger partial charge is 0.411 e. The number of hydrogen-bond acceptors (Lipinski definition) is 5. The van der Waals surface area contributed by atoms with Crippen LogP contribution >= 0.6 is 0 Å². The number of anilines is 2. The Morgan fingerprint density at radius 1 is 1.41 bits per heavy atom. The van der Waals surface area contributed by atoms with E-state index in [1.54, 1.807) is 0 Å². The van der Waals surface area contributed by atoms with Crippen molar-refractivity contribution in [1.29, 1.82) is 0 Å². The van der Waals surface area contributed by atoms with E-state index >= 15 is 0 Å². The highest BCUT2D eigenvalue weighted by Gasteiger charge is 2.21. The number of rotatable bonds is 5. The second-order valence-electron chi connectivity index (χ2n) is 4.96. The molecule has 1 aliphatic rings. The van der Waals surface area contributed by atoms with Gasteiger partial charge in [0, 0.05) is 13.1 Å². The molecule has 1 aliphatic heterocycles. The van der Waals surface area contributed by atoms with Crippen LogP contribution in [0.5, 0.6) is 0 Å². The number of carbonyl (C=O) groups is 1. The van der Waals surface area contributed by atoms with Crippen LogP contribution in [-0.2, 0) is 4.74 Å². The zero-order chi connectivity index (χ0) is 16.1. The van der Waals surface area contributed by atoms with Crippen molar-refractivity contribution in [3.8, 4) is 0 Å². The van der Waals surface area contributed by atoms with E-state index < -0.39 is 24.6 Å². The highest BCUT2D eigenvalue weighted by Crippen LogP contribution is 2.26. The van der Waals surface area contributed by atoms with E-state index in [1.165, 1.54) is 12.1 Å². The summed E-state index contributed by atoms with van der Waals surface area (Å²) in [6.45, 7) is 1.28. The number of halogens is 1. The molecule has 0 spiro atoms. The molecule has 122 valence electrons. The highest BCUT2D eigenvalue weighted by atomic mass is 19.1. The van der Waals surface area contributed by atoms with Gasteiger partial charge < -0.3 is 25.0 Å². The molecule has 1 atom stereocenters. The molecule has 1 fully saturated rings. The molecular weight excluding hydrogens is 295 g/mol. The largest absolute Gasteiger partial charge is 0.465 e. The molecule has 0 aromatic heterocycles. The number of nitrogens with zero attached hydrogens (tertiary/aromatic N) is 2. The Morgan fingerprint density at radius 2 is 2.09 bits per heavy atom. The molecule has 0 saturated carbocycles. The van der Waals surface area contributed by atoms with Crippen molar-refractivity contribution in [2.24, 2.45) is 0 Å². The first-order valence-corrected chi connectivity index (χ1v) is 6.94. The Labute approximate surface area is 127 Å². The first-order valence-electron chi connectivity index (χ1n) is 6.94. The lowest BCUT2D eigenvalue weighted by Crippen LogP contribution is -2.38. The summed E-state index contributed by atoms with van der Waals surface area (Å²) in [6.07, 6.45) is -2.55. The van der Waals surface area contributed by atoms with E-state index in [-0.39, 0.29) is 12.2 Å². The Bertz CT molecular complexity index is 522. The van der Waals surface area contributed by atoms with Gasteiger partial charge in [0.25, 0.3) is 0 Å². The van der Waals surface area contributed by atoms with Crippen molar-refractivity contribution in [1.82, 2.24) is 0 Å². The summed E-state index contributed by atoms with van der Waals surface area (Å²) in [4.78, 5) is 13.9. The summed E-state index contributed by atoms with van der Waals surface area (Å²) in [5.41, 5.74) is 0.495. The number of hydrogen-bond donors (Lipinski definition) is 3. The fourth-order valence-electron chi connectivity index (χ4n) is 2.29. The molecule has 8 heteroatoms. The molecular formula is C14H19FN2O5. The van der Waals surface area contributed by atoms with Crippen molar-refractivity contribution in [2.75, 3.05) is 49.3 Å². The minimum atomic E-state index is -1.33. The van der Waals surface area contributed by atoms with E-state index in [4.69, 9.17) is 14.9 Å². The summed E-state index contributed by atoms with van der Waals surface area (Å²) in [5, 5.41) is 27.4. The average molecular weight is 314 g/mol. The topological polar surface area (TPSA) is 93.5 Å². The van der Waals surface area contributed by atoms with Crippen LogP contribution in [0.15, 0.2) is 18.2 Å². The minimum absolute atomic E-state index is 0.106. The SMILES string of the molecule is O=C(O)N(CC(O)CO)c1ccc(N2CCOCC2)c(F)c1. The van der Waals surface area contributed by atoms with Crippen LogP contribution in [0.2, 0.25) is 0 Å². The van der Waals surface area contributed by atoms with Gasteiger partial charge in [-0.05, 0) is 18.2 Å². The number of aliphatic hydroxyl groups excluding tert-OH is 2. The Balaban J connectivity index is 2.20. The first kappa shape index (κ1) is 16.5. The molecule has 1 unspecified atom stereocenters. The average Bonchev–Trinajstić information content (AvgIpc) is 2.52. The third-order valence-corrected chi connectivity index (χ3v) is 3.43. The maximum atomic E-state index is 14.3. The minimum Gasteiger partial charge on any atom is -0.465 e. The van der Waals surface area contributed by atoms with Crippen molar-refractivity contribution >= 4 is 17.5 Å². The van der Waals surface area contributed by atoms with E-state index in [0.29, 0.717) is 32.0 Å². The van der Waals surface area contributed by atoms with Crippen LogP contribution in [0.4, 0.5) is 20.6 Å². The van der Waals surface area contributed by atoms with Gasteiger partial charge in [0.2, 0.25) is 0 Å². The van der Waals surface area contributed by atoms with Gasteiger partial charge in [0.1, 0.15) is 5.82 Å². The summed E-state index contributed by atoms with van der Waals surface area (Å²) < 4.78 is 19.5. The zero-order valence-corrected chi connectivity index (χ0v) is 12.0. The fraction of sp³-hybridized carbons (Fsp3) is 0.500. The molecule has 3 N–H and O–H groups in total. The Kier molecular flexibility index (Phi) is 5.53. The van der Waals surface area contributed by atoms with Crippen LogP contribution in [0.3, 0.4) is 0 Å².